The molecule has 5 nitrogen and oxygen atoms in total. The molecule has 0 radical (unpaired) electrons. The lowest BCUT2D eigenvalue weighted by Gasteiger charge is -2.30. The van der Waals surface area contributed by atoms with E-state index < -0.39 is 0 Å². The summed E-state index contributed by atoms with van der Waals surface area (Å²) in [4.78, 5) is 18.9. The predicted molar refractivity (Wildman–Crippen MR) is 84.0 cm³/mol. The smallest absolute Gasteiger partial charge is 0.236 e. The molecule has 1 N–H and O–H groups in total. The van der Waals surface area contributed by atoms with E-state index in [-0.39, 0.29) is 5.91 Å². The number of carbonyl (C=O) groups is 1. The van der Waals surface area contributed by atoms with Crippen molar-refractivity contribution in [2.24, 2.45) is 0 Å². The molecular formula is C15H32N4O. The Morgan fingerprint density at radius 1 is 1.10 bits per heavy atom. The van der Waals surface area contributed by atoms with Crippen molar-refractivity contribution < 1.29 is 4.79 Å². The molecule has 0 unspecified atom stereocenters. The van der Waals surface area contributed by atoms with Gasteiger partial charge in [-0.05, 0) is 19.9 Å². The average Bonchev–Trinajstić information content (AvgIpc) is 2.46. The Labute approximate surface area is 124 Å². The van der Waals surface area contributed by atoms with Gasteiger partial charge in [-0.15, -0.1) is 0 Å². The zero-order valence-corrected chi connectivity index (χ0v) is 13.5. The van der Waals surface area contributed by atoms with E-state index in [9.17, 15) is 4.79 Å². The predicted octanol–water partition coefficient (Wildman–Crippen LogP) is 0.472. The van der Waals surface area contributed by atoms with Crippen molar-refractivity contribution in [1.82, 2.24) is 20.0 Å². The van der Waals surface area contributed by atoms with Gasteiger partial charge in [0.05, 0.1) is 6.54 Å². The highest BCUT2D eigenvalue weighted by Gasteiger charge is 2.15. The van der Waals surface area contributed by atoms with Crippen molar-refractivity contribution in [2.75, 3.05) is 66.0 Å². The van der Waals surface area contributed by atoms with Crippen LogP contribution in [-0.4, -0.2) is 86.6 Å². The van der Waals surface area contributed by atoms with Crippen molar-refractivity contribution in [1.29, 1.82) is 0 Å². The minimum Gasteiger partial charge on any atom is -0.342 e. The Hall–Kier alpha value is -0.650. The van der Waals surface area contributed by atoms with Crippen molar-refractivity contribution >= 4 is 5.91 Å². The molecule has 1 heterocycles. The zero-order chi connectivity index (χ0) is 14.8. The van der Waals surface area contributed by atoms with E-state index in [1.54, 1.807) is 0 Å². The Kier molecular flexibility index (Phi) is 8.82. The third-order valence-electron chi connectivity index (χ3n) is 3.75. The number of hydrogen-bond acceptors (Lipinski definition) is 4. The van der Waals surface area contributed by atoms with Gasteiger partial charge in [-0.3, -0.25) is 14.6 Å². The monoisotopic (exact) mass is 284 g/mol. The van der Waals surface area contributed by atoms with Crippen LogP contribution in [0, 0.1) is 0 Å². The molecule has 118 valence electrons. The van der Waals surface area contributed by atoms with Gasteiger partial charge in [-0.1, -0.05) is 13.8 Å². The quantitative estimate of drug-likeness (QED) is 0.668. The fourth-order valence-electron chi connectivity index (χ4n) is 2.56. The minimum absolute atomic E-state index is 0.275. The van der Waals surface area contributed by atoms with E-state index >= 15 is 0 Å². The highest BCUT2D eigenvalue weighted by molar-refractivity contribution is 5.78. The minimum atomic E-state index is 0.275. The summed E-state index contributed by atoms with van der Waals surface area (Å²) < 4.78 is 0. The van der Waals surface area contributed by atoms with Gasteiger partial charge in [0, 0.05) is 52.4 Å². The summed E-state index contributed by atoms with van der Waals surface area (Å²) in [6.45, 7) is 13.0. The van der Waals surface area contributed by atoms with Crippen LogP contribution in [0.1, 0.15) is 26.7 Å². The molecule has 1 fully saturated rings. The Balaban J connectivity index is 2.24. The standard InChI is InChI=1S/C15H32N4O/c1-4-8-19(9-5-2)15(20)14-17(3)12-13-18-10-6-16-7-11-18/h16H,4-14H2,1-3H3. The summed E-state index contributed by atoms with van der Waals surface area (Å²) in [5.74, 6) is 0.275. The number of amides is 1. The van der Waals surface area contributed by atoms with Gasteiger partial charge in [-0.25, -0.2) is 0 Å². The Bertz CT molecular complexity index is 261. The Morgan fingerprint density at radius 2 is 1.70 bits per heavy atom. The second kappa shape index (κ2) is 10.1. The van der Waals surface area contributed by atoms with Crippen LogP contribution in [0.4, 0.5) is 0 Å². The number of nitrogens with zero attached hydrogens (tertiary/aromatic N) is 3. The summed E-state index contributed by atoms with van der Waals surface area (Å²) in [6, 6.07) is 0. The summed E-state index contributed by atoms with van der Waals surface area (Å²) in [7, 11) is 2.05. The second-order valence-corrected chi connectivity index (χ2v) is 5.71. The van der Waals surface area contributed by atoms with Crippen LogP contribution >= 0.6 is 0 Å². The van der Waals surface area contributed by atoms with Gasteiger partial charge in [0.1, 0.15) is 0 Å². The molecule has 0 saturated carbocycles. The average molecular weight is 284 g/mol. The maximum absolute atomic E-state index is 12.2. The van der Waals surface area contributed by atoms with Crippen LogP contribution in [0.25, 0.3) is 0 Å². The van der Waals surface area contributed by atoms with E-state index in [2.05, 4.69) is 36.0 Å². The van der Waals surface area contributed by atoms with Gasteiger partial charge >= 0.3 is 0 Å². The molecule has 1 aliphatic heterocycles. The fourth-order valence-corrected chi connectivity index (χ4v) is 2.56. The molecule has 0 aromatic rings. The van der Waals surface area contributed by atoms with E-state index in [0.29, 0.717) is 6.54 Å². The van der Waals surface area contributed by atoms with E-state index in [1.165, 1.54) is 0 Å². The molecule has 5 heteroatoms. The molecule has 1 amide bonds. The first-order valence-electron chi connectivity index (χ1n) is 8.06. The van der Waals surface area contributed by atoms with Crippen molar-refractivity contribution in [3.8, 4) is 0 Å². The molecule has 0 spiro atoms. The number of hydrogen-bond donors (Lipinski definition) is 1. The first kappa shape index (κ1) is 17.4. The number of rotatable bonds is 9. The van der Waals surface area contributed by atoms with Crippen LogP contribution in [0.3, 0.4) is 0 Å². The van der Waals surface area contributed by atoms with E-state index in [1.807, 2.05) is 4.90 Å². The number of carbonyl (C=O) groups excluding carboxylic acids is 1. The van der Waals surface area contributed by atoms with Crippen LogP contribution < -0.4 is 5.32 Å². The fraction of sp³-hybridized carbons (Fsp3) is 0.933. The molecule has 20 heavy (non-hydrogen) atoms. The molecule has 0 aromatic carbocycles. The van der Waals surface area contributed by atoms with E-state index in [4.69, 9.17) is 0 Å². The van der Waals surface area contributed by atoms with Crippen LogP contribution in [0.5, 0.6) is 0 Å². The number of nitrogens with one attached hydrogen (secondary N) is 1. The van der Waals surface area contributed by atoms with Crippen LogP contribution in [0.2, 0.25) is 0 Å². The molecule has 1 aliphatic rings. The maximum atomic E-state index is 12.2. The lowest BCUT2D eigenvalue weighted by molar-refractivity contribution is -0.132. The summed E-state index contributed by atoms with van der Waals surface area (Å²) >= 11 is 0. The lowest BCUT2D eigenvalue weighted by atomic mass is 10.3. The second-order valence-electron chi connectivity index (χ2n) is 5.71. The third kappa shape index (κ3) is 6.68. The van der Waals surface area contributed by atoms with Crippen molar-refractivity contribution in [3.05, 3.63) is 0 Å². The Morgan fingerprint density at radius 3 is 2.25 bits per heavy atom. The SMILES string of the molecule is CCCN(CCC)C(=O)CN(C)CCN1CCNCC1. The largest absolute Gasteiger partial charge is 0.342 e. The normalized spacial score (nSPS) is 16.6. The van der Waals surface area contributed by atoms with Crippen LogP contribution in [0.15, 0.2) is 0 Å². The van der Waals surface area contributed by atoms with Crippen molar-refractivity contribution in [2.45, 2.75) is 26.7 Å². The molecule has 1 rings (SSSR count). The molecule has 0 atom stereocenters. The first-order valence-corrected chi connectivity index (χ1v) is 8.06. The van der Waals surface area contributed by atoms with Gasteiger partial charge in [-0.2, -0.15) is 0 Å². The molecule has 0 aromatic heterocycles. The van der Waals surface area contributed by atoms with Gasteiger partial charge < -0.3 is 10.2 Å². The van der Waals surface area contributed by atoms with Gasteiger partial charge in [0.15, 0.2) is 0 Å². The van der Waals surface area contributed by atoms with E-state index in [0.717, 1.165) is 65.2 Å². The topological polar surface area (TPSA) is 38.8 Å². The van der Waals surface area contributed by atoms with Crippen LogP contribution in [-0.2, 0) is 4.79 Å². The summed E-state index contributed by atoms with van der Waals surface area (Å²) in [5, 5.41) is 3.36. The molecule has 0 bridgehead atoms. The highest BCUT2D eigenvalue weighted by atomic mass is 16.2. The molecule has 1 saturated heterocycles. The maximum Gasteiger partial charge on any atom is 0.236 e. The highest BCUT2D eigenvalue weighted by Crippen LogP contribution is 1.98. The first-order chi connectivity index (χ1) is 9.67. The lowest BCUT2D eigenvalue weighted by Crippen LogP contribution is -2.47. The summed E-state index contributed by atoms with van der Waals surface area (Å²) in [6.07, 6.45) is 2.08. The number of likely N-dealkylation sites (N-methyl/N-ethyl adjacent to an activating group) is 1. The third-order valence-corrected chi connectivity index (χ3v) is 3.75. The summed E-state index contributed by atoms with van der Waals surface area (Å²) in [5.41, 5.74) is 0. The number of piperazine rings is 1. The van der Waals surface area contributed by atoms with Gasteiger partial charge in [0.25, 0.3) is 0 Å². The zero-order valence-electron chi connectivity index (χ0n) is 13.5. The molecule has 0 aliphatic carbocycles. The molecular weight excluding hydrogens is 252 g/mol. The van der Waals surface area contributed by atoms with Crippen molar-refractivity contribution in [3.63, 3.8) is 0 Å². The van der Waals surface area contributed by atoms with Gasteiger partial charge in [0.2, 0.25) is 5.91 Å².